The molecule has 0 saturated carbocycles. The van der Waals surface area contributed by atoms with E-state index in [2.05, 4.69) is 52.2 Å². The third kappa shape index (κ3) is 6.68. The van der Waals surface area contributed by atoms with Gasteiger partial charge in [-0.3, -0.25) is 4.99 Å². The van der Waals surface area contributed by atoms with Gasteiger partial charge in [0.25, 0.3) is 0 Å². The van der Waals surface area contributed by atoms with E-state index in [1.54, 1.807) is 22.6 Å². The molecule has 0 aromatic carbocycles. The van der Waals surface area contributed by atoms with Crippen molar-refractivity contribution in [3.63, 3.8) is 0 Å². The van der Waals surface area contributed by atoms with E-state index in [0.29, 0.717) is 26.2 Å². The molecular weight excluding hydrogens is 414 g/mol. The molecule has 2 aromatic rings. The first-order valence-electron chi connectivity index (χ1n) is 11.0. The van der Waals surface area contributed by atoms with Gasteiger partial charge < -0.3 is 24.8 Å². The van der Waals surface area contributed by atoms with Crippen LogP contribution in [-0.4, -0.2) is 64.0 Å². The minimum Gasteiger partial charge on any atom is -0.450 e. The molecule has 10 heteroatoms. The van der Waals surface area contributed by atoms with Gasteiger partial charge >= 0.3 is 6.09 Å². The number of aromatic nitrogens is 3. The Kier molecular flexibility index (Phi) is 8.69. The van der Waals surface area contributed by atoms with Crippen molar-refractivity contribution < 1.29 is 9.53 Å². The predicted molar refractivity (Wildman–Crippen MR) is 122 cm³/mol. The Labute approximate surface area is 187 Å². The summed E-state index contributed by atoms with van der Waals surface area (Å²) in [5.41, 5.74) is 0. The van der Waals surface area contributed by atoms with Crippen LogP contribution in [0.15, 0.2) is 28.8 Å². The van der Waals surface area contributed by atoms with E-state index in [-0.39, 0.29) is 18.2 Å². The largest absolute Gasteiger partial charge is 0.450 e. The van der Waals surface area contributed by atoms with Gasteiger partial charge in [0.05, 0.1) is 19.2 Å². The summed E-state index contributed by atoms with van der Waals surface area (Å²) in [4.78, 5) is 19.8. The summed E-state index contributed by atoms with van der Waals surface area (Å²) in [7, 11) is 0. The molecule has 2 aromatic heterocycles. The van der Waals surface area contributed by atoms with Crippen LogP contribution in [0, 0.1) is 0 Å². The van der Waals surface area contributed by atoms with Crippen LogP contribution in [-0.2, 0) is 17.7 Å². The van der Waals surface area contributed by atoms with Crippen LogP contribution in [0.2, 0.25) is 0 Å². The second kappa shape index (κ2) is 11.7. The van der Waals surface area contributed by atoms with Gasteiger partial charge in [0, 0.05) is 37.0 Å². The van der Waals surface area contributed by atoms with Gasteiger partial charge in [-0.1, -0.05) is 13.0 Å². The number of guanidine groups is 1. The Morgan fingerprint density at radius 3 is 2.87 bits per heavy atom. The molecule has 0 spiro atoms. The van der Waals surface area contributed by atoms with E-state index in [1.165, 1.54) is 4.88 Å². The highest BCUT2D eigenvalue weighted by Crippen LogP contribution is 2.18. The van der Waals surface area contributed by atoms with Gasteiger partial charge in [-0.2, -0.15) is 0 Å². The number of hydrogen-bond acceptors (Lipinski definition) is 6. The third-order valence-electron chi connectivity index (χ3n) is 5.31. The molecule has 2 N–H and O–H groups in total. The standard InChI is InChI=1S/C21H33N7O2S/c1-4-19-26-23-15-28(19)13-10-22-20(24-16(3)18-7-6-14-31-18)25-17-8-11-27(12-9-17)21(29)30-5-2/h6-7,14-17H,4-5,8-13H2,1-3H3,(H2,22,24,25). The Morgan fingerprint density at radius 1 is 1.39 bits per heavy atom. The van der Waals surface area contributed by atoms with E-state index in [9.17, 15) is 4.79 Å². The van der Waals surface area contributed by atoms with Crippen molar-refractivity contribution >= 4 is 23.4 Å². The third-order valence-corrected chi connectivity index (χ3v) is 6.36. The summed E-state index contributed by atoms with van der Waals surface area (Å²) in [5, 5.41) is 17.3. The summed E-state index contributed by atoms with van der Waals surface area (Å²) in [5.74, 6) is 1.76. The number of thiophene rings is 1. The Morgan fingerprint density at radius 2 is 2.19 bits per heavy atom. The Bertz CT molecular complexity index is 829. The fraction of sp³-hybridized carbons (Fsp3) is 0.619. The lowest BCUT2D eigenvalue weighted by atomic mass is 10.1. The summed E-state index contributed by atoms with van der Waals surface area (Å²) in [6.07, 6.45) is 4.10. The van der Waals surface area contributed by atoms with E-state index >= 15 is 0 Å². The molecule has 3 heterocycles. The number of hydrogen-bond donors (Lipinski definition) is 2. The maximum absolute atomic E-state index is 11.9. The lowest BCUT2D eigenvalue weighted by Gasteiger charge is -2.32. The summed E-state index contributed by atoms with van der Waals surface area (Å²) < 4.78 is 7.16. The summed E-state index contributed by atoms with van der Waals surface area (Å²) >= 11 is 1.73. The van der Waals surface area contributed by atoms with Crippen LogP contribution < -0.4 is 10.6 Å². The normalized spacial score (nSPS) is 16.2. The van der Waals surface area contributed by atoms with E-state index in [0.717, 1.165) is 37.6 Å². The van der Waals surface area contributed by atoms with Crippen molar-refractivity contribution in [2.45, 2.75) is 58.7 Å². The maximum atomic E-state index is 11.9. The molecule has 1 fully saturated rings. The zero-order chi connectivity index (χ0) is 22.1. The molecule has 1 atom stereocenters. The monoisotopic (exact) mass is 447 g/mol. The zero-order valence-corrected chi connectivity index (χ0v) is 19.4. The minimum absolute atomic E-state index is 0.159. The number of carbonyl (C=O) groups excluding carboxylic acids is 1. The van der Waals surface area contributed by atoms with Crippen molar-refractivity contribution in [2.75, 3.05) is 26.2 Å². The first-order chi connectivity index (χ1) is 15.1. The number of amides is 1. The number of carbonyl (C=O) groups is 1. The van der Waals surface area contributed by atoms with Crippen molar-refractivity contribution in [1.82, 2.24) is 30.3 Å². The van der Waals surface area contributed by atoms with E-state index in [1.807, 2.05) is 11.5 Å². The molecular formula is C21H33N7O2S. The van der Waals surface area contributed by atoms with Crippen LogP contribution in [0.1, 0.15) is 50.4 Å². The summed E-state index contributed by atoms with van der Waals surface area (Å²) in [6, 6.07) is 4.61. The lowest BCUT2D eigenvalue weighted by Crippen LogP contribution is -2.50. The van der Waals surface area contributed by atoms with Gasteiger partial charge in [0.2, 0.25) is 0 Å². The smallest absolute Gasteiger partial charge is 0.409 e. The lowest BCUT2D eigenvalue weighted by molar-refractivity contribution is 0.0963. The number of aliphatic imine (C=N–C) groups is 1. The zero-order valence-electron chi connectivity index (χ0n) is 18.6. The highest BCUT2D eigenvalue weighted by atomic mass is 32.1. The summed E-state index contributed by atoms with van der Waals surface area (Å²) in [6.45, 7) is 9.18. The van der Waals surface area contributed by atoms with Crippen LogP contribution in [0.3, 0.4) is 0 Å². The number of nitrogens with zero attached hydrogens (tertiary/aromatic N) is 5. The van der Waals surface area contributed by atoms with Gasteiger partial charge in [0.1, 0.15) is 12.2 Å². The van der Waals surface area contributed by atoms with E-state index in [4.69, 9.17) is 9.73 Å². The fourth-order valence-electron chi connectivity index (χ4n) is 3.57. The molecule has 1 aliphatic heterocycles. The molecule has 3 rings (SSSR count). The van der Waals surface area contributed by atoms with Crippen LogP contribution in [0.5, 0.6) is 0 Å². The maximum Gasteiger partial charge on any atom is 0.409 e. The molecule has 31 heavy (non-hydrogen) atoms. The van der Waals surface area contributed by atoms with Crippen LogP contribution >= 0.6 is 11.3 Å². The highest BCUT2D eigenvalue weighted by molar-refractivity contribution is 7.10. The first-order valence-corrected chi connectivity index (χ1v) is 11.9. The highest BCUT2D eigenvalue weighted by Gasteiger charge is 2.24. The topological polar surface area (TPSA) is 96.7 Å². The second-order valence-electron chi connectivity index (χ2n) is 7.51. The molecule has 1 amide bonds. The van der Waals surface area contributed by atoms with E-state index < -0.39 is 0 Å². The molecule has 1 aliphatic rings. The van der Waals surface area contributed by atoms with Crippen LogP contribution in [0.25, 0.3) is 0 Å². The number of rotatable bonds is 8. The Balaban J connectivity index is 1.59. The average molecular weight is 448 g/mol. The quantitative estimate of drug-likeness (QED) is 0.477. The number of aryl methyl sites for hydroxylation is 1. The number of nitrogens with one attached hydrogen (secondary N) is 2. The molecule has 170 valence electrons. The first kappa shape index (κ1) is 23.1. The van der Waals surface area contributed by atoms with Gasteiger partial charge in [-0.25, -0.2) is 4.79 Å². The van der Waals surface area contributed by atoms with Crippen molar-refractivity contribution in [2.24, 2.45) is 4.99 Å². The van der Waals surface area contributed by atoms with Gasteiger partial charge in [0.15, 0.2) is 5.96 Å². The van der Waals surface area contributed by atoms with Crippen LogP contribution in [0.4, 0.5) is 4.79 Å². The SMILES string of the molecule is CCOC(=O)N1CCC(NC(=NCCn2cnnc2CC)NC(C)c2cccs2)CC1. The minimum atomic E-state index is -0.222. The average Bonchev–Trinajstić information content (AvgIpc) is 3.46. The van der Waals surface area contributed by atoms with Crippen molar-refractivity contribution in [1.29, 1.82) is 0 Å². The molecule has 1 unspecified atom stereocenters. The van der Waals surface area contributed by atoms with Gasteiger partial charge in [-0.15, -0.1) is 21.5 Å². The van der Waals surface area contributed by atoms with Gasteiger partial charge in [-0.05, 0) is 38.1 Å². The molecule has 9 nitrogen and oxygen atoms in total. The predicted octanol–water partition coefficient (Wildman–Crippen LogP) is 2.82. The molecule has 1 saturated heterocycles. The van der Waals surface area contributed by atoms with Crippen molar-refractivity contribution in [3.05, 3.63) is 34.5 Å². The number of likely N-dealkylation sites (tertiary alicyclic amines) is 1. The molecule has 0 aliphatic carbocycles. The molecule has 0 radical (unpaired) electrons. The van der Waals surface area contributed by atoms with Crippen molar-refractivity contribution in [3.8, 4) is 0 Å². The number of ether oxygens (including phenoxy) is 1. The number of piperidine rings is 1. The second-order valence-corrected chi connectivity index (χ2v) is 8.49. The molecule has 0 bridgehead atoms. The Hall–Kier alpha value is -2.62. The fourth-order valence-corrected chi connectivity index (χ4v) is 4.30.